The normalized spacial score (nSPS) is 12.3. The van der Waals surface area contributed by atoms with Gasteiger partial charge in [0.05, 0.1) is 6.61 Å². The molecule has 0 aliphatic rings. The number of nitrogens with one attached hydrogen (secondary N) is 1. The first-order valence-corrected chi connectivity index (χ1v) is 6.25. The van der Waals surface area contributed by atoms with Crippen molar-refractivity contribution in [2.24, 2.45) is 0 Å². The number of rotatable bonds is 6. The molecule has 0 aromatic heterocycles. The Kier molecular flexibility index (Phi) is 5.92. The Bertz CT molecular complexity index is 435. The number of amides is 1. The molecule has 1 rings (SSSR count). The van der Waals surface area contributed by atoms with Crippen LogP contribution < -0.4 is 5.32 Å². The highest BCUT2D eigenvalue weighted by Crippen LogP contribution is 2.11. The van der Waals surface area contributed by atoms with Gasteiger partial charge in [-0.1, -0.05) is 6.07 Å². The minimum Gasteiger partial charge on any atom is -0.392 e. The molecule has 0 aliphatic heterocycles. The summed E-state index contributed by atoms with van der Waals surface area (Å²) in [4.78, 5) is 13.1. The van der Waals surface area contributed by atoms with Crippen molar-refractivity contribution in [3.05, 3.63) is 35.1 Å². The second kappa shape index (κ2) is 7.21. The third-order valence-corrected chi connectivity index (χ3v) is 2.91. The van der Waals surface area contributed by atoms with Gasteiger partial charge in [0.15, 0.2) is 0 Å². The van der Waals surface area contributed by atoms with Gasteiger partial charge in [0.1, 0.15) is 5.82 Å². The van der Waals surface area contributed by atoms with Crippen molar-refractivity contribution >= 4 is 5.91 Å². The molecule has 1 atom stereocenters. The topological polar surface area (TPSA) is 52.6 Å². The van der Waals surface area contributed by atoms with Crippen molar-refractivity contribution in [1.82, 2.24) is 10.2 Å². The molecule has 0 saturated heterocycles. The zero-order chi connectivity index (χ0) is 14.4. The number of benzene rings is 1. The van der Waals surface area contributed by atoms with Crippen LogP contribution in [0.15, 0.2) is 18.2 Å². The molecule has 0 spiro atoms. The van der Waals surface area contributed by atoms with Crippen LogP contribution in [-0.2, 0) is 17.9 Å². The molecule has 0 heterocycles. The average molecular weight is 268 g/mol. The van der Waals surface area contributed by atoms with Crippen molar-refractivity contribution in [1.29, 1.82) is 0 Å². The summed E-state index contributed by atoms with van der Waals surface area (Å²) in [5.41, 5.74) is 1.17. The molecule has 0 bridgehead atoms. The van der Waals surface area contributed by atoms with E-state index in [2.05, 4.69) is 5.32 Å². The summed E-state index contributed by atoms with van der Waals surface area (Å²) in [7, 11) is 3.45. The summed E-state index contributed by atoms with van der Waals surface area (Å²) >= 11 is 0. The first kappa shape index (κ1) is 15.6. The number of carbonyl (C=O) groups is 1. The molecule has 1 aromatic rings. The van der Waals surface area contributed by atoms with Gasteiger partial charge in [-0.05, 0) is 24.6 Å². The highest BCUT2D eigenvalue weighted by atomic mass is 19.1. The van der Waals surface area contributed by atoms with E-state index in [-0.39, 0.29) is 24.1 Å². The van der Waals surface area contributed by atoms with E-state index in [0.717, 1.165) is 5.56 Å². The zero-order valence-electron chi connectivity index (χ0n) is 11.6. The zero-order valence-corrected chi connectivity index (χ0v) is 11.6. The van der Waals surface area contributed by atoms with Crippen molar-refractivity contribution in [2.45, 2.75) is 32.5 Å². The van der Waals surface area contributed by atoms with Gasteiger partial charge in [-0.2, -0.15) is 0 Å². The van der Waals surface area contributed by atoms with Crippen LogP contribution in [-0.4, -0.2) is 36.1 Å². The van der Waals surface area contributed by atoms with Crippen molar-refractivity contribution in [2.75, 3.05) is 14.1 Å². The summed E-state index contributed by atoms with van der Waals surface area (Å²) in [6.07, 6.45) is 0.418. The van der Waals surface area contributed by atoms with E-state index in [1.165, 1.54) is 6.07 Å². The van der Waals surface area contributed by atoms with E-state index in [4.69, 9.17) is 5.11 Å². The van der Waals surface area contributed by atoms with Crippen LogP contribution in [0.1, 0.15) is 24.5 Å². The summed E-state index contributed by atoms with van der Waals surface area (Å²) in [5, 5.41) is 12.2. The number of nitrogens with zero attached hydrogens (tertiary/aromatic N) is 1. The Morgan fingerprint density at radius 3 is 2.74 bits per heavy atom. The minimum absolute atomic E-state index is 0.0394. The molecule has 1 aromatic carbocycles. The van der Waals surface area contributed by atoms with Crippen molar-refractivity contribution < 1.29 is 14.3 Å². The van der Waals surface area contributed by atoms with E-state index in [0.29, 0.717) is 13.0 Å². The lowest BCUT2D eigenvalue weighted by Crippen LogP contribution is -2.33. The smallest absolute Gasteiger partial charge is 0.223 e. The SMILES string of the molecule is CC(CC(=O)N(C)C)NCc1ccc(F)c(CO)c1. The highest BCUT2D eigenvalue weighted by molar-refractivity contribution is 5.76. The fraction of sp³-hybridized carbons (Fsp3) is 0.500. The number of hydrogen-bond acceptors (Lipinski definition) is 3. The van der Waals surface area contributed by atoms with E-state index in [1.54, 1.807) is 31.1 Å². The molecule has 0 aliphatic carbocycles. The molecular formula is C14H21FN2O2. The Morgan fingerprint density at radius 2 is 2.16 bits per heavy atom. The Balaban J connectivity index is 2.50. The fourth-order valence-electron chi connectivity index (χ4n) is 1.67. The largest absolute Gasteiger partial charge is 0.392 e. The number of aliphatic hydroxyl groups excluding tert-OH is 1. The maximum Gasteiger partial charge on any atom is 0.223 e. The van der Waals surface area contributed by atoms with Crippen LogP contribution in [0, 0.1) is 5.82 Å². The van der Waals surface area contributed by atoms with Gasteiger partial charge in [-0.15, -0.1) is 0 Å². The van der Waals surface area contributed by atoms with E-state index in [9.17, 15) is 9.18 Å². The summed E-state index contributed by atoms with van der Waals surface area (Å²) in [6.45, 7) is 2.15. The first-order valence-electron chi connectivity index (χ1n) is 6.25. The molecule has 19 heavy (non-hydrogen) atoms. The third-order valence-electron chi connectivity index (χ3n) is 2.91. The third kappa shape index (κ3) is 4.96. The van der Waals surface area contributed by atoms with E-state index >= 15 is 0 Å². The van der Waals surface area contributed by atoms with Crippen LogP contribution >= 0.6 is 0 Å². The number of hydrogen-bond donors (Lipinski definition) is 2. The van der Waals surface area contributed by atoms with Gasteiger partial charge in [-0.3, -0.25) is 4.79 Å². The first-order chi connectivity index (χ1) is 8.93. The van der Waals surface area contributed by atoms with E-state index < -0.39 is 5.82 Å². The molecule has 106 valence electrons. The number of carbonyl (C=O) groups excluding carboxylic acids is 1. The second-order valence-electron chi connectivity index (χ2n) is 4.86. The van der Waals surface area contributed by atoms with Gasteiger partial charge in [0.2, 0.25) is 5.91 Å². The highest BCUT2D eigenvalue weighted by Gasteiger charge is 2.10. The van der Waals surface area contributed by atoms with Gasteiger partial charge in [0, 0.05) is 38.7 Å². The Hall–Kier alpha value is -1.46. The molecular weight excluding hydrogens is 247 g/mol. The van der Waals surface area contributed by atoms with Gasteiger partial charge < -0.3 is 15.3 Å². The standard InChI is InChI=1S/C14H21FN2O2/c1-10(6-14(19)17(2)3)16-8-11-4-5-13(15)12(7-11)9-18/h4-5,7,10,16,18H,6,8-9H2,1-3H3. The number of aliphatic hydroxyl groups is 1. The summed E-state index contributed by atoms with van der Waals surface area (Å²) < 4.78 is 13.2. The molecule has 1 unspecified atom stereocenters. The fourth-order valence-corrected chi connectivity index (χ4v) is 1.67. The van der Waals surface area contributed by atoms with Crippen LogP contribution in [0.5, 0.6) is 0 Å². The second-order valence-corrected chi connectivity index (χ2v) is 4.86. The minimum atomic E-state index is -0.401. The quantitative estimate of drug-likeness (QED) is 0.817. The summed E-state index contributed by atoms with van der Waals surface area (Å²) in [6, 6.07) is 4.68. The van der Waals surface area contributed by atoms with Gasteiger partial charge >= 0.3 is 0 Å². The van der Waals surface area contributed by atoms with Crippen molar-refractivity contribution in [3.8, 4) is 0 Å². The molecule has 0 saturated carbocycles. The molecule has 5 heteroatoms. The van der Waals surface area contributed by atoms with E-state index in [1.807, 2.05) is 6.92 Å². The molecule has 2 N–H and O–H groups in total. The maximum atomic E-state index is 13.2. The molecule has 0 fully saturated rings. The van der Waals surface area contributed by atoms with Crippen LogP contribution in [0.4, 0.5) is 4.39 Å². The molecule has 1 amide bonds. The molecule has 4 nitrogen and oxygen atoms in total. The number of halogens is 1. The molecule has 0 radical (unpaired) electrons. The predicted octanol–water partition coefficient (Wildman–Crippen LogP) is 1.27. The lowest BCUT2D eigenvalue weighted by atomic mass is 10.1. The predicted molar refractivity (Wildman–Crippen MR) is 71.9 cm³/mol. The van der Waals surface area contributed by atoms with Crippen molar-refractivity contribution in [3.63, 3.8) is 0 Å². The van der Waals surface area contributed by atoms with Crippen LogP contribution in [0.3, 0.4) is 0 Å². The lowest BCUT2D eigenvalue weighted by molar-refractivity contribution is -0.129. The van der Waals surface area contributed by atoms with Crippen LogP contribution in [0.2, 0.25) is 0 Å². The van der Waals surface area contributed by atoms with Gasteiger partial charge in [-0.25, -0.2) is 4.39 Å². The Morgan fingerprint density at radius 1 is 1.47 bits per heavy atom. The maximum absolute atomic E-state index is 13.2. The summed E-state index contributed by atoms with van der Waals surface area (Å²) in [5.74, 6) is -0.336. The van der Waals surface area contributed by atoms with Gasteiger partial charge in [0.25, 0.3) is 0 Å². The van der Waals surface area contributed by atoms with Crippen LogP contribution in [0.25, 0.3) is 0 Å². The average Bonchev–Trinajstić information content (AvgIpc) is 2.37. The Labute approximate surface area is 113 Å². The lowest BCUT2D eigenvalue weighted by Gasteiger charge is -2.16. The monoisotopic (exact) mass is 268 g/mol.